The van der Waals surface area contributed by atoms with Crippen molar-refractivity contribution in [2.45, 2.75) is 38.3 Å². The van der Waals surface area contributed by atoms with Gasteiger partial charge in [0.25, 0.3) is 5.91 Å². The summed E-state index contributed by atoms with van der Waals surface area (Å²) in [5.41, 5.74) is 1.13. The lowest BCUT2D eigenvalue weighted by molar-refractivity contribution is 0.0740. The van der Waals surface area contributed by atoms with Gasteiger partial charge in [-0.1, -0.05) is 0 Å². The van der Waals surface area contributed by atoms with E-state index in [4.69, 9.17) is 0 Å². The minimum atomic E-state index is -0.254. The first-order valence-corrected chi connectivity index (χ1v) is 7.33. The molecule has 2 aliphatic rings. The average molecular weight is 276 g/mol. The Hall–Kier alpha value is -1.42. The molecule has 2 heterocycles. The third-order valence-corrected chi connectivity index (χ3v) is 4.84. The van der Waals surface area contributed by atoms with Gasteiger partial charge in [-0.2, -0.15) is 0 Å². The second kappa shape index (κ2) is 5.17. The van der Waals surface area contributed by atoms with Crippen LogP contribution in [0.5, 0.6) is 0 Å². The van der Waals surface area contributed by atoms with Gasteiger partial charge in [0.05, 0.1) is 0 Å². The summed E-state index contributed by atoms with van der Waals surface area (Å²) in [5.74, 6) is -0.217. The molecule has 0 aromatic heterocycles. The van der Waals surface area contributed by atoms with Crippen LogP contribution in [0.25, 0.3) is 0 Å². The van der Waals surface area contributed by atoms with Crippen LogP contribution in [0.15, 0.2) is 18.2 Å². The number of halogens is 1. The predicted molar refractivity (Wildman–Crippen MR) is 76.2 cm³/mol. The van der Waals surface area contributed by atoms with E-state index in [1.165, 1.54) is 18.9 Å². The second-order valence-corrected chi connectivity index (χ2v) is 6.05. The number of carbonyl (C=O) groups excluding carboxylic acids is 1. The molecule has 1 aromatic rings. The second-order valence-electron chi connectivity index (χ2n) is 6.05. The molecule has 2 saturated heterocycles. The number of fused-ring (bicyclic) bond motifs is 2. The van der Waals surface area contributed by atoms with Crippen molar-refractivity contribution < 1.29 is 9.18 Å². The van der Waals surface area contributed by atoms with E-state index in [1.807, 2.05) is 4.90 Å². The summed E-state index contributed by atoms with van der Waals surface area (Å²) in [6, 6.07) is 5.74. The van der Waals surface area contributed by atoms with E-state index >= 15 is 0 Å². The fourth-order valence-electron chi connectivity index (χ4n) is 3.45. The third kappa shape index (κ3) is 2.33. The van der Waals surface area contributed by atoms with Gasteiger partial charge in [-0.15, -0.1) is 0 Å². The van der Waals surface area contributed by atoms with Crippen LogP contribution in [0.3, 0.4) is 0 Å². The van der Waals surface area contributed by atoms with Gasteiger partial charge in [0.15, 0.2) is 0 Å². The molecule has 3 nitrogen and oxygen atoms in total. The Balaban J connectivity index is 1.78. The van der Waals surface area contributed by atoms with Crippen LogP contribution < -0.4 is 0 Å². The summed E-state index contributed by atoms with van der Waals surface area (Å²) in [7, 11) is 2.17. The molecule has 2 aliphatic heterocycles. The maximum atomic E-state index is 13.3. The van der Waals surface area contributed by atoms with Gasteiger partial charge in [-0.25, -0.2) is 4.39 Å². The maximum Gasteiger partial charge on any atom is 0.253 e. The van der Waals surface area contributed by atoms with Crippen LogP contribution in [-0.4, -0.2) is 47.9 Å². The molecule has 108 valence electrons. The summed E-state index contributed by atoms with van der Waals surface area (Å²) >= 11 is 0. The number of hydrogen-bond acceptors (Lipinski definition) is 2. The largest absolute Gasteiger partial charge is 0.337 e. The number of likely N-dealkylation sites (N-methyl/N-ethyl adjacent to an activating group) is 1. The molecule has 0 aliphatic carbocycles. The SMILES string of the molecule is Cc1cc(C(=O)N2CCC3CCC(C2)N3C)ccc1F. The summed E-state index contributed by atoms with van der Waals surface area (Å²) in [6.45, 7) is 3.30. The van der Waals surface area contributed by atoms with Crippen molar-refractivity contribution >= 4 is 5.91 Å². The van der Waals surface area contributed by atoms with E-state index in [9.17, 15) is 9.18 Å². The fraction of sp³-hybridized carbons (Fsp3) is 0.562. The molecule has 2 fully saturated rings. The topological polar surface area (TPSA) is 23.6 Å². The molecule has 4 heteroatoms. The number of likely N-dealkylation sites (tertiary alicyclic amines) is 1. The molecule has 2 atom stereocenters. The van der Waals surface area contributed by atoms with E-state index in [2.05, 4.69) is 11.9 Å². The summed E-state index contributed by atoms with van der Waals surface area (Å²) in [5, 5.41) is 0. The zero-order valence-corrected chi connectivity index (χ0v) is 12.1. The van der Waals surface area contributed by atoms with Crippen molar-refractivity contribution in [2.24, 2.45) is 0 Å². The summed E-state index contributed by atoms with van der Waals surface area (Å²) < 4.78 is 13.3. The number of benzene rings is 1. The highest BCUT2D eigenvalue weighted by Crippen LogP contribution is 2.29. The van der Waals surface area contributed by atoms with Crippen LogP contribution in [0, 0.1) is 12.7 Å². The van der Waals surface area contributed by atoms with Crippen LogP contribution in [0.4, 0.5) is 4.39 Å². The summed E-state index contributed by atoms with van der Waals surface area (Å²) in [4.78, 5) is 16.9. The standard InChI is InChI=1S/C16H21FN2O/c1-11-9-12(3-6-15(11)17)16(20)19-8-7-13-4-5-14(10-19)18(13)2/h3,6,9,13-14H,4-5,7-8,10H2,1-2H3. The Labute approximate surface area is 119 Å². The molecule has 20 heavy (non-hydrogen) atoms. The number of aryl methyl sites for hydroxylation is 1. The van der Waals surface area contributed by atoms with Crippen molar-refractivity contribution in [3.63, 3.8) is 0 Å². The molecular formula is C16H21FN2O. The van der Waals surface area contributed by atoms with Gasteiger partial charge in [0.2, 0.25) is 0 Å². The Kier molecular flexibility index (Phi) is 3.50. The lowest BCUT2D eigenvalue weighted by Crippen LogP contribution is -2.39. The van der Waals surface area contributed by atoms with Crippen molar-refractivity contribution in [1.82, 2.24) is 9.80 Å². The molecule has 0 N–H and O–H groups in total. The normalized spacial score (nSPS) is 26.6. The molecule has 0 radical (unpaired) electrons. The zero-order valence-electron chi connectivity index (χ0n) is 12.1. The Bertz CT molecular complexity index is 531. The Morgan fingerprint density at radius 2 is 2.00 bits per heavy atom. The number of carbonyl (C=O) groups is 1. The van der Waals surface area contributed by atoms with Crippen LogP contribution >= 0.6 is 0 Å². The van der Waals surface area contributed by atoms with Gasteiger partial charge in [0, 0.05) is 30.7 Å². The number of rotatable bonds is 1. The van der Waals surface area contributed by atoms with Gasteiger partial charge in [0.1, 0.15) is 5.82 Å². The summed E-state index contributed by atoms with van der Waals surface area (Å²) in [6.07, 6.45) is 3.46. The Morgan fingerprint density at radius 1 is 1.25 bits per heavy atom. The van der Waals surface area contributed by atoms with Gasteiger partial charge in [-0.05, 0) is 57.0 Å². The lowest BCUT2D eigenvalue weighted by atomic mass is 10.1. The molecular weight excluding hydrogens is 255 g/mol. The average Bonchev–Trinajstić information content (AvgIpc) is 2.66. The van der Waals surface area contributed by atoms with Crippen molar-refractivity contribution in [3.05, 3.63) is 35.1 Å². The lowest BCUT2D eigenvalue weighted by Gasteiger charge is -2.26. The molecule has 0 spiro atoms. The molecule has 1 amide bonds. The minimum absolute atomic E-state index is 0.0362. The first-order valence-electron chi connectivity index (χ1n) is 7.33. The monoisotopic (exact) mass is 276 g/mol. The van der Waals surface area contributed by atoms with E-state index in [0.717, 1.165) is 19.5 Å². The van der Waals surface area contributed by atoms with Crippen molar-refractivity contribution in [3.8, 4) is 0 Å². The highest BCUT2D eigenvalue weighted by molar-refractivity contribution is 5.94. The van der Waals surface area contributed by atoms with Crippen molar-refractivity contribution in [2.75, 3.05) is 20.1 Å². The van der Waals surface area contributed by atoms with Gasteiger partial charge >= 0.3 is 0 Å². The quantitative estimate of drug-likeness (QED) is 0.786. The predicted octanol–water partition coefficient (Wildman–Crippen LogP) is 2.44. The van der Waals surface area contributed by atoms with Crippen LogP contribution in [-0.2, 0) is 0 Å². The fourth-order valence-corrected chi connectivity index (χ4v) is 3.45. The zero-order chi connectivity index (χ0) is 14.3. The number of nitrogens with zero attached hydrogens (tertiary/aromatic N) is 2. The van der Waals surface area contributed by atoms with E-state index < -0.39 is 0 Å². The minimum Gasteiger partial charge on any atom is -0.337 e. The molecule has 3 rings (SSSR count). The van der Waals surface area contributed by atoms with Crippen LogP contribution in [0.2, 0.25) is 0 Å². The first kappa shape index (κ1) is 13.6. The van der Waals surface area contributed by atoms with E-state index in [0.29, 0.717) is 23.2 Å². The molecule has 1 aromatic carbocycles. The van der Waals surface area contributed by atoms with Gasteiger partial charge in [-0.3, -0.25) is 9.69 Å². The third-order valence-electron chi connectivity index (χ3n) is 4.84. The molecule has 0 saturated carbocycles. The van der Waals surface area contributed by atoms with E-state index in [-0.39, 0.29) is 11.7 Å². The molecule has 2 unspecified atom stereocenters. The van der Waals surface area contributed by atoms with Gasteiger partial charge < -0.3 is 4.90 Å². The first-order chi connectivity index (χ1) is 9.56. The van der Waals surface area contributed by atoms with Crippen molar-refractivity contribution in [1.29, 1.82) is 0 Å². The number of amides is 1. The molecule has 2 bridgehead atoms. The highest BCUT2D eigenvalue weighted by atomic mass is 19.1. The van der Waals surface area contributed by atoms with Crippen LogP contribution in [0.1, 0.15) is 35.2 Å². The smallest absolute Gasteiger partial charge is 0.253 e. The highest BCUT2D eigenvalue weighted by Gasteiger charge is 2.36. The Morgan fingerprint density at radius 3 is 2.75 bits per heavy atom. The van der Waals surface area contributed by atoms with E-state index in [1.54, 1.807) is 19.1 Å². The maximum absolute atomic E-state index is 13.3. The number of hydrogen-bond donors (Lipinski definition) is 0.